The molecule has 0 atom stereocenters. The summed E-state index contributed by atoms with van der Waals surface area (Å²) in [5, 5.41) is 3.02. The van der Waals surface area contributed by atoms with Crippen molar-refractivity contribution in [2.24, 2.45) is 5.92 Å². The quantitative estimate of drug-likeness (QED) is 0.800. The summed E-state index contributed by atoms with van der Waals surface area (Å²) in [6.45, 7) is 2.82. The van der Waals surface area contributed by atoms with Crippen LogP contribution in [0.4, 0.5) is 5.82 Å². The van der Waals surface area contributed by atoms with Gasteiger partial charge in [0.2, 0.25) is 5.88 Å². The fourth-order valence-electron chi connectivity index (χ4n) is 1.57. The minimum Gasteiger partial charge on any atom is -0.478 e. The van der Waals surface area contributed by atoms with Crippen molar-refractivity contribution >= 4 is 5.82 Å². The smallest absolute Gasteiger partial charge is 0.218 e. The van der Waals surface area contributed by atoms with Gasteiger partial charge in [0.1, 0.15) is 11.6 Å². The molecule has 1 N–H and O–H groups in total. The highest BCUT2D eigenvalue weighted by Gasteiger charge is 2.20. The summed E-state index contributed by atoms with van der Waals surface area (Å²) in [6.07, 6.45) is 4.72. The molecule has 0 bridgehead atoms. The second kappa shape index (κ2) is 5.14. The zero-order valence-electron chi connectivity index (χ0n) is 9.99. The van der Waals surface area contributed by atoms with Crippen molar-refractivity contribution in [1.82, 2.24) is 9.97 Å². The summed E-state index contributed by atoms with van der Waals surface area (Å²) in [6, 6.07) is 1.85. The van der Waals surface area contributed by atoms with E-state index >= 15 is 0 Å². The lowest BCUT2D eigenvalue weighted by atomic mass is 10.3. The summed E-state index contributed by atoms with van der Waals surface area (Å²) in [7, 11) is 1.86. The molecule has 88 valence electrons. The highest BCUT2D eigenvalue weighted by Crippen LogP contribution is 2.32. The monoisotopic (exact) mass is 221 g/mol. The van der Waals surface area contributed by atoms with E-state index in [-0.39, 0.29) is 0 Å². The fourth-order valence-corrected chi connectivity index (χ4v) is 1.57. The standard InChI is InChI=1S/C12H19N3O/c1-3-10-14-11(13-2)8-12(15-10)16-7-6-9-4-5-9/h8-9H,3-7H2,1-2H3,(H,13,14,15). The van der Waals surface area contributed by atoms with E-state index in [1.165, 1.54) is 12.8 Å². The van der Waals surface area contributed by atoms with Gasteiger partial charge in [0.15, 0.2) is 0 Å². The molecule has 1 aliphatic rings. The molecule has 1 fully saturated rings. The summed E-state index contributed by atoms with van der Waals surface area (Å²) >= 11 is 0. The minimum atomic E-state index is 0.692. The zero-order valence-corrected chi connectivity index (χ0v) is 9.99. The van der Waals surface area contributed by atoms with E-state index in [0.717, 1.165) is 37.0 Å². The normalized spacial score (nSPS) is 14.9. The van der Waals surface area contributed by atoms with Gasteiger partial charge in [-0.15, -0.1) is 0 Å². The van der Waals surface area contributed by atoms with Crippen LogP contribution < -0.4 is 10.1 Å². The summed E-state index contributed by atoms with van der Waals surface area (Å²) < 4.78 is 5.65. The predicted molar refractivity (Wildman–Crippen MR) is 63.8 cm³/mol. The van der Waals surface area contributed by atoms with Crippen molar-refractivity contribution in [3.63, 3.8) is 0 Å². The van der Waals surface area contributed by atoms with Crippen LogP contribution in [-0.2, 0) is 6.42 Å². The molecule has 1 heterocycles. The summed E-state index contributed by atoms with van der Waals surface area (Å²) in [4.78, 5) is 8.67. The Morgan fingerprint density at radius 2 is 2.25 bits per heavy atom. The first-order chi connectivity index (χ1) is 7.81. The Labute approximate surface area is 96.4 Å². The van der Waals surface area contributed by atoms with E-state index in [1.807, 2.05) is 20.0 Å². The molecule has 1 aromatic heterocycles. The number of anilines is 1. The molecule has 0 amide bonds. The molecule has 16 heavy (non-hydrogen) atoms. The maximum Gasteiger partial charge on any atom is 0.218 e. The average Bonchev–Trinajstić information content (AvgIpc) is 3.12. The number of hydrogen-bond acceptors (Lipinski definition) is 4. The van der Waals surface area contributed by atoms with Crippen molar-refractivity contribution in [3.05, 3.63) is 11.9 Å². The van der Waals surface area contributed by atoms with Crippen LogP contribution in [0.1, 0.15) is 32.0 Å². The molecule has 0 unspecified atom stereocenters. The molecule has 0 aromatic carbocycles. The fraction of sp³-hybridized carbons (Fsp3) is 0.667. The van der Waals surface area contributed by atoms with Crippen LogP contribution in [0.2, 0.25) is 0 Å². The lowest BCUT2D eigenvalue weighted by Crippen LogP contribution is -2.05. The topological polar surface area (TPSA) is 47.0 Å². The molecule has 0 aliphatic heterocycles. The van der Waals surface area contributed by atoms with Crippen LogP contribution in [0.3, 0.4) is 0 Å². The Kier molecular flexibility index (Phi) is 3.59. The van der Waals surface area contributed by atoms with Crippen molar-refractivity contribution < 1.29 is 4.74 Å². The van der Waals surface area contributed by atoms with Gasteiger partial charge in [-0.25, -0.2) is 4.98 Å². The molecule has 4 heteroatoms. The SMILES string of the molecule is CCc1nc(NC)cc(OCCC2CC2)n1. The first kappa shape index (κ1) is 11.2. The van der Waals surface area contributed by atoms with Crippen LogP contribution in [0.15, 0.2) is 6.07 Å². The molecule has 0 radical (unpaired) electrons. The van der Waals surface area contributed by atoms with E-state index in [2.05, 4.69) is 15.3 Å². The number of aryl methyl sites for hydroxylation is 1. The molecule has 0 saturated heterocycles. The first-order valence-electron chi connectivity index (χ1n) is 6.00. The molecule has 1 aromatic rings. The van der Waals surface area contributed by atoms with Gasteiger partial charge < -0.3 is 10.1 Å². The van der Waals surface area contributed by atoms with Crippen LogP contribution in [0, 0.1) is 5.92 Å². The second-order valence-corrected chi connectivity index (χ2v) is 4.19. The lowest BCUT2D eigenvalue weighted by molar-refractivity contribution is 0.290. The van der Waals surface area contributed by atoms with E-state index < -0.39 is 0 Å². The maximum atomic E-state index is 5.65. The number of rotatable bonds is 6. The van der Waals surface area contributed by atoms with Gasteiger partial charge in [0.05, 0.1) is 6.61 Å². The number of aromatic nitrogens is 2. The first-order valence-corrected chi connectivity index (χ1v) is 6.00. The van der Waals surface area contributed by atoms with Gasteiger partial charge in [-0.1, -0.05) is 19.8 Å². The summed E-state index contributed by atoms with van der Waals surface area (Å²) in [5.41, 5.74) is 0. The van der Waals surface area contributed by atoms with Crippen LogP contribution in [0.25, 0.3) is 0 Å². The molecule has 1 saturated carbocycles. The van der Waals surface area contributed by atoms with Crippen LogP contribution >= 0.6 is 0 Å². The number of hydrogen-bond donors (Lipinski definition) is 1. The van der Waals surface area contributed by atoms with Crippen LogP contribution in [0.5, 0.6) is 5.88 Å². The van der Waals surface area contributed by atoms with Gasteiger partial charge in [-0.2, -0.15) is 4.98 Å². The van der Waals surface area contributed by atoms with Crippen molar-refractivity contribution in [1.29, 1.82) is 0 Å². The molecule has 0 spiro atoms. The lowest BCUT2D eigenvalue weighted by Gasteiger charge is -2.08. The molecule has 1 aliphatic carbocycles. The van der Waals surface area contributed by atoms with Gasteiger partial charge in [0.25, 0.3) is 0 Å². The largest absolute Gasteiger partial charge is 0.478 e. The Bertz CT molecular complexity index is 328. The van der Waals surface area contributed by atoms with E-state index in [0.29, 0.717) is 5.88 Å². The maximum absolute atomic E-state index is 5.65. The van der Waals surface area contributed by atoms with Crippen molar-refractivity contribution in [3.8, 4) is 5.88 Å². The molecule has 2 rings (SSSR count). The summed E-state index contributed by atoms with van der Waals surface area (Å²) in [5.74, 6) is 3.25. The van der Waals surface area contributed by atoms with Gasteiger partial charge in [0, 0.05) is 19.5 Å². The number of nitrogens with one attached hydrogen (secondary N) is 1. The second-order valence-electron chi connectivity index (χ2n) is 4.19. The number of nitrogens with zero attached hydrogens (tertiary/aromatic N) is 2. The zero-order chi connectivity index (χ0) is 11.4. The number of ether oxygens (including phenoxy) is 1. The highest BCUT2D eigenvalue weighted by molar-refractivity contribution is 5.37. The Morgan fingerprint density at radius 1 is 1.44 bits per heavy atom. The predicted octanol–water partition coefficient (Wildman–Crippen LogP) is 2.26. The third-order valence-corrected chi connectivity index (χ3v) is 2.79. The van der Waals surface area contributed by atoms with E-state index in [1.54, 1.807) is 0 Å². The Balaban J connectivity index is 1.94. The van der Waals surface area contributed by atoms with E-state index in [9.17, 15) is 0 Å². The third kappa shape index (κ3) is 3.08. The third-order valence-electron chi connectivity index (χ3n) is 2.79. The van der Waals surface area contributed by atoms with Gasteiger partial charge in [-0.3, -0.25) is 0 Å². The Morgan fingerprint density at radius 3 is 2.88 bits per heavy atom. The van der Waals surface area contributed by atoms with Gasteiger partial charge in [-0.05, 0) is 12.3 Å². The highest BCUT2D eigenvalue weighted by atomic mass is 16.5. The minimum absolute atomic E-state index is 0.692. The molecule has 4 nitrogen and oxygen atoms in total. The molecular weight excluding hydrogens is 202 g/mol. The molecular formula is C12H19N3O. The Hall–Kier alpha value is -1.32. The van der Waals surface area contributed by atoms with Crippen LogP contribution in [-0.4, -0.2) is 23.6 Å². The average molecular weight is 221 g/mol. The van der Waals surface area contributed by atoms with E-state index in [4.69, 9.17) is 4.74 Å². The van der Waals surface area contributed by atoms with Gasteiger partial charge >= 0.3 is 0 Å². The van der Waals surface area contributed by atoms with Crippen molar-refractivity contribution in [2.45, 2.75) is 32.6 Å². The van der Waals surface area contributed by atoms with Crippen molar-refractivity contribution in [2.75, 3.05) is 19.0 Å².